The molecule has 0 aromatic heterocycles. The van der Waals surface area contributed by atoms with Crippen LogP contribution in [0.5, 0.6) is 17.2 Å². The SMILES string of the molecule is O=C(CS)Oc1cc(Oc2ccc(C(F)(F)F)cc2Cl)ccc1[N+](=O)[O-]. The number of benzene rings is 2. The molecule has 0 radical (unpaired) electrons. The van der Waals surface area contributed by atoms with E-state index in [0.717, 1.165) is 24.3 Å². The molecule has 6 nitrogen and oxygen atoms in total. The van der Waals surface area contributed by atoms with Gasteiger partial charge < -0.3 is 9.47 Å². The molecule has 0 saturated heterocycles. The van der Waals surface area contributed by atoms with Gasteiger partial charge in [0, 0.05) is 12.1 Å². The van der Waals surface area contributed by atoms with E-state index < -0.39 is 34.1 Å². The van der Waals surface area contributed by atoms with Gasteiger partial charge >= 0.3 is 17.8 Å². The summed E-state index contributed by atoms with van der Waals surface area (Å²) in [5.74, 6) is -1.68. The molecule has 0 bridgehead atoms. The fraction of sp³-hybridized carbons (Fsp3) is 0.133. The lowest BCUT2D eigenvalue weighted by Gasteiger charge is -2.12. The van der Waals surface area contributed by atoms with Gasteiger partial charge in [0.1, 0.15) is 11.5 Å². The van der Waals surface area contributed by atoms with Gasteiger partial charge in [-0.2, -0.15) is 25.8 Å². The summed E-state index contributed by atoms with van der Waals surface area (Å²) in [6.07, 6.45) is -4.57. The summed E-state index contributed by atoms with van der Waals surface area (Å²) in [6.45, 7) is 0. The first-order valence-electron chi connectivity index (χ1n) is 6.76. The van der Waals surface area contributed by atoms with E-state index >= 15 is 0 Å². The summed E-state index contributed by atoms with van der Waals surface area (Å²) in [6, 6.07) is 5.72. The lowest BCUT2D eigenvalue weighted by molar-refractivity contribution is -0.385. The Hall–Kier alpha value is -2.46. The summed E-state index contributed by atoms with van der Waals surface area (Å²) >= 11 is 9.48. The number of ether oxygens (including phenoxy) is 2. The molecule has 0 aliphatic rings. The first-order chi connectivity index (χ1) is 12.1. The average Bonchev–Trinajstić information content (AvgIpc) is 2.55. The third-order valence-electron chi connectivity index (χ3n) is 2.97. The highest BCUT2D eigenvalue weighted by molar-refractivity contribution is 7.81. The fourth-order valence-electron chi connectivity index (χ4n) is 1.83. The number of carbonyl (C=O) groups is 1. The van der Waals surface area contributed by atoms with E-state index in [1.165, 1.54) is 6.07 Å². The van der Waals surface area contributed by atoms with Crippen LogP contribution in [0.1, 0.15) is 5.56 Å². The summed E-state index contributed by atoms with van der Waals surface area (Å²) in [5.41, 5.74) is -1.45. The van der Waals surface area contributed by atoms with Gasteiger partial charge in [0.2, 0.25) is 5.75 Å². The molecular weight excluding hydrogens is 399 g/mol. The molecule has 138 valence electrons. The summed E-state index contributed by atoms with van der Waals surface area (Å²) in [5, 5.41) is 10.7. The highest BCUT2D eigenvalue weighted by Crippen LogP contribution is 2.38. The van der Waals surface area contributed by atoms with Gasteiger partial charge in [-0.25, -0.2) is 0 Å². The second-order valence-electron chi connectivity index (χ2n) is 4.76. The van der Waals surface area contributed by atoms with Crippen molar-refractivity contribution in [3.8, 4) is 17.2 Å². The Morgan fingerprint density at radius 3 is 2.42 bits per heavy atom. The van der Waals surface area contributed by atoms with Crippen LogP contribution in [0, 0.1) is 10.1 Å². The van der Waals surface area contributed by atoms with Crippen molar-refractivity contribution in [1.29, 1.82) is 0 Å². The number of hydrogen-bond acceptors (Lipinski definition) is 6. The first kappa shape index (κ1) is 19.9. The monoisotopic (exact) mass is 407 g/mol. The Labute approximate surface area is 155 Å². The number of nitro groups is 1. The number of nitrogens with zero attached hydrogens (tertiary/aromatic N) is 1. The highest BCUT2D eigenvalue weighted by atomic mass is 35.5. The Morgan fingerprint density at radius 2 is 1.88 bits per heavy atom. The van der Waals surface area contributed by atoms with Crippen LogP contribution in [-0.4, -0.2) is 16.6 Å². The van der Waals surface area contributed by atoms with Crippen LogP contribution in [-0.2, 0) is 11.0 Å². The highest BCUT2D eigenvalue weighted by Gasteiger charge is 2.31. The Bertz CT molecular complexity index is 860. The lowest BCUT2D eigenvalue weighted by Crippen LogP contribution is -2.10. The van der Waals surface area contributed by atoms with Crippen LogP contribution in [0.2, 0.25) is 5.02 Å². The lowest BCUT2D eigenvalue weighted by atomic mass is 10.2. The number of nitro benzene ring substituents is 1. The molecule has 0 aliphatic heterocycles. The van der Waals surface area contributed by atoms with Crippen LogP contribution in [0.3, 0.4) is 0 Å². The van der Waals surface area contributed by atoms with E-state index in [1.54, 1.807) is 0 Å². The molecule has 2 aromatic carbocycles. The topological polar surface area (TPSA) is 78.7 Å². The molecule has 2 aromatic rings. The second-order valence-corrected chi connectivity index (χ2v) is 5.49. The normalized spacial score (nSPS) is 11.1. The van der Waals surface area contributed by atoms with E-state index in [1.807, 2.05) is 0 Å². The van der Waals surface area contributed by atoms with Crippen LogP contribution in [0.4, 0.5) is 18.9 Å². The second kappa shape index (κ2) is 7.83. The van der Waals surface area contributed by atoms with Gasteiger partial charge in [-0.1, -0.05) is 11.6 Å². The Balaban J connectivity index is 2.33. The molecule has 0 amide bonds. The van der Waals surface area contributed by atoms with Crippen molar-refractivity contribution in [3.05, 3.63) is 57.1 Å². The number of carbonyl (C=O) groups excluding carboxylic acids is 1. The van der Waals surface area contributed by atoms with E-state index in [2.05, 4.69) is 12.6 Å². The molecule has 0 saturated carbocycles. The number of halogens is 4. The number of esters is 1. The third kappa shape index (κ3) is 4.79. The van der Waals surface area contributed by atoms with Crippen molar-refractivity contribution in [2.24, 2.45) is 0 Å². The number of hydrogen-bond donors (Lipinski definition) is 1. The maximum Gasteiger partial charge on any atom is 0.416 e. The standard InChI is InChI=1S/C15H9ClF3NO5S/c16-10-5-8(15(17,18)19)1-4-12(10)24-9-2-3-11(20(22)23)13(6-9)25-14(21)7-26/h1-6,26H,7H2. The maximum absolute atomic E-state index is 12.6. The predicted octanol–water partition coefficient (Wildman–Crippen LogP) is 4.89. The van der Waals surface area contributed by atoms with Gasteiger partial charge in [0.15, 0.2) is 0 Å². The fourth-order valence-corrected chi connectivity index (χ4v) is 2.12. The average molecular weight is 408 g/mol. The number of thiol groups is 1. The zero-order valence-electron chi connectivity index (χ0n) is 12.6. The minimum Gasteiger partial charge on any atom is -0.456 e. The number of alkyl halides is 3. The molecule has 0 spiro atoms. The van der Waals surface area contributed by atoms with Gasteiger partial charge in [0.05, 0.1) is 21.3 Å². The van der Waals surface area contributed by atoms with Crippen molar-refractivity contribution in [2.45, 2.75) is 6.18 Å². The minimum absolute atomic E-state index is 0.0285. The number of rotatable bonds is 5. The van der Waals surface area contributed by atoms with Gasteiger partial charge in [0.25, 0.3) is 0 Å². The van der Waals surface area contributed by atoms with Gasteiger partial charge in [-0.3, -0.25) is 14.9 Å². The maximum atomic E-state index is 12.6. The van der Waals surface area contributed by atoms with Crippen molar-refractivity contribution in [3.63, 3.8) is 0 Å². The molecule has 2 rings (SSSR count). The Morgan fingerprint density at radius 1 is 1.19 bits per heavy atom. The first-order valence-corrected chi connectivity index (χ1v) is 7.77. The third-order valence-corrected chi connectivity index (χ3v) is 3.52. The molecule has 0 atom stereocenters. The van der Waals surface area contributed by atoms with Crippen molar-refractivity contribution < 1.29 is 32.4 Å². The van der Waals surface area contributed by atoms with Crippen molar-refractivity contribution >= 4 is 35.9 Å². The largest absolute Gasteiger partial charge is 0.456 e. The molecule has 26 heavy (non-hydrogen) atoms. The molecule has 0 unspecified atom stereocenters. The molecular formula is C15H9ClF3NO5S. The molecule has 0 fully saturated rings. The molecule has 0 heterocycles. The summed E-state index contributed by atoms with van der Waals surface area (Å²) in [7, 11) is 0. The van der Waals surface area contributed by atoms with Gasteiger partial charge in [-0.15, -0.1) is 0 Å². The van der Waals surface area contributed by atoms with E-state index in [9.17, 15) is 28.1 Å². The predicted molar refractivity (Wildman–Crippen MR) is 89.1 cm³/mol. The van der Waals surface area contributed by atoms with Crippen molar-refractivity contribution in [2.75, 3.05) is 5.75 Å². The zero-order chi connectivity index (χ0) is 19.5. The molecule has 11 heteroatoms. The van der Waals surface area contributed by atoms with Gasteiger partial charge in [-0.05, 0) is 24.3 Å². The molecule has 0 aliphatic carbocycles. The van der Waals surface area contributed by atoms with Crippen LogP contribution in [0.25, 0.3) is 0 Å². The van der Waals surface area contributed by atoms with E-state index in [-0.39, 0.29) is 22.3 Å². The van der Waals surface area contributed by atoms with E-state index in [4.69, 9.17) is 21.1 Å². The van der Waals surface area contributed by atoms with Crippen molar-refractivity contribution in [1.82, 2.24) is 0 Å². The minimum atomic E-state index is -4.57. The Kier molecular flexibility index (Phi) is 5.98. The summed E-state index contributed by atoms with van der Waals surface area (Å²) < 4.78 is 48.1. The quantitative estimate of drug-likeness (QED) is 0.251. The van der Waals surface area contributed by atoms with Crippen LogP contribution < -0.4 is 9.47 Å². The molecule has 0 N–H and O–H groups in total. The van der Waals surface area contributed by atoms with Crippen LogP contribution in [0.15, 0.2) is 36.4 Å². The summed E-state index contributed by atoms with van der Waals surface area (Å²) in [4.78, 5) is 21.5. The zero-order valence-corrected chi connectivity index (χ0v) is 14.3. The smallest absolute Gasteiger partial charge is 0.416 e. The van der Waals surface area contributed by atoms with Crippen LogP contribution >= 0.6 is 24.2 Å². The van der Waals surface area contributed by atoms with E-state index in [0.29, 0.717) is 6.07 Å².